The minimum Gasteiger partial charge on any atom is -0.423 e. The molecule has 1 heterocycles. The van der Waals surface area contributed by atoms with Crippen LogP contribution in [-0.4, -0.2) is 40.4 Å². The van der Waals surface area contributed by atoms with Crippen molar-refractivity contribution in [1.29, 1.82) is 0 Å². The maximum absolute atomic E-state index is 12.1. The second kappa shape index (κ2) is 5.38. The molecule has 2 rings (SSSR count). The SMILES string of the molecule is C=CCCCN1C(=O)c2ccc(B(O)O)cc2C1=O. The van der Waals surface area contributed by atoms with Crippen LogP contribution in [0.1, 0.15) is 33.6 Å². The lowest BCUT2D eigenvalue weighted by Crippen LogP contribution is -2.31. The van der Waals surface area contributed by atoms with Crippen molar-refractivity contribution in [2.75, 3.05) is 6.54 Å². The second-order valence-electron chi connectivity index (χ2n) is 4.37. The second-order valence-corrected chi connectivity index (χ2v) is 4.37. The number of hydrogen-bond donors (Lipinski definition) is 2. The lowest BCUT2D eigenvalue weighted by Gasteiger charge is -2.12. The summed E-state index contributed by atoms with van der Waals surface area (Å²) in [7, 11) is -1.65. The average Bonchev–Trinajstić information content (AvgIpc) is 2.63. The van der Waals surface area contributed by atoms with Crippen LogP contribution in [-0.2, 0) is 0 Å². The number of benzene rings is 1. The van der Waals surface area contributed by atoms with Crippen LogP contribution in [0.4, 0.5) is 0 Å². The highest BCUT2D eigenvalue weighted by Gasteiger charge is 2.35. The molecule has 5 nitrogen and oxygen atoms in total. The Morgan fingerprint density at radius 1 is 1.21 bits per heavy atom. The molecule has 0 radical (unpaired) electrons. The van der Waals surface area contributed by atoms with E-state index >= 15 is 0 Å². The summed E-state index contributed by atoms with van der Waals surface area (Å²) in [4.78, 5) is 25.3. The molecule has 0 spiro atoms. The number of amides is 2. The summed E-state index contributed by atoms with van der Waals surface area (Å²) in [5.41, 5.74) is 0.745. The fourth-order valence-electron chi connectivity index (χ4n) is 2.07. The van der Waals surface area contributed by atoms with Gasteiger partial charge < -0.3 is 10.0 Å². The molecule has 1 aromatic rings. The van der Waals surface area contributed by atoms with Crippen molar-refractivity contribution in [3.05, 3.63) is 42.0 Å². The third kappa shape index (κ3) is 2.45. The lowest BCUT2D eigenvalue weighted by molar-refractivity contribution is 0.0653. The quantitative estimate of drug-likeness (QED) is 0.336. The molecule has 1 aliphatic heterocycles. The van der Waals surface area contributed by atoms with Crippen LogP contribution in [0.25, 0.3) is 0 Å². The maximum atomic E-state index is 12.1. The van der Waals surface area contributed by atoms with Crippen molar-refractivity contribution < 1.29 is 19.6 Å². The van der Waals surface area contributed by atoms with E-state index in [1.54, 1.807) is 6.08 Å². The van der Waals surface area contributed by atoms with Gasteiger partial charge in [-0.25, -0.2) is 0 Å². The highest BCUT2D eigenvalue weighted by molar-refractivity contribution is 6.58. The van der Waals surface area contributed by atoms with Crippen LogP contribution < -0.4 is 5.46 Å². The van der Waals surface area contributed by atoms with E-state index in [9.17, 15) is 9.59 Å². The van der Waals surface area contributed by atoms with Gasteiger partial charge in [0.1, 0.15) is 0 Å². The molecule has 0 saturated heterocycles. The Kier molecular flexibility index (Phi) is 3.83. The summed E-state index contributed by atoms with van der Waals surface area (Å²) in [6, 6.07) is 4.24. The number of carbonyl (C=O) groups excluding carboxylic acids is 2. The Balaban J connectivity index is 2.25. The van der Waals surface area contributed by atoms with Gasteiger partial charge in [0.25, 0.3) is 11.8 Å². The summed E-state index contributed by atoms with van der Waals surface area (Å²) >= 11 is 0. The Morgan fingerprint density at radius 2 is 1.89 bits per heavy atom. The van der Waals surface area contributed by atoms with Gasteiger partial charge in [0.15, 0.2) is 0 Å². The number of unbranched alkanes of at least 4 members (excludes halogenated alkanes) is 1. The number of fused-ring (bicyclic) bond motifs is 1. The predicted molar refractivity (Wildman–Crippen MR) is 71.1 cm³/mol. The van der Waals surface area contributed by atoms with E-state index in [2.05, 4.69) is 6.58 Å². The molecule has 1 aromatic carbocycles. The topological polar surface area (TPSA) is 77.8 Å². The van der Waals surface area contributed by atoms with Crippen LogP contribution >= 0.6 is 0 Å². The first-order chi connectivity index (χ1) is 9.06. The zero-order chi connectivity index (χ0) is 14.0. The summed E-state index contributed by atoms with van der Waals surface area (Å²) in [6.45, 7) is 3.93. The Labute approximate surface area is 111 Å². The van der Waals surface area contributed by atoms with E-state index < -0.39 is 7.12 Å². The molecule has 0 aliphatic carbocycles. The highest BCUT2D eigenvalue weighted by Crippen LogP contribution is 2.22. The Morgan fingerprint density at radius 3 is 2.53 bits per heavy atom. The number of carbonyl (C=O) groups is 2. The van der Waals surface area contributed by atoms with E-state index in [1.165, 1.54) is 23.1 Å². The largest absolute Gasteiger partial charge is 0.488 e. The normalized spacial score (nSPS) is 13.7. The Hall–Kier alpha value is -1.92. The molecule has 6 heteroatoms. The minimum absolute atomic E-state index is 0.202. The van der Waals surface area contributed by atoms with E-state index in [-0.39, 0.29) is 22.8 Å². The molecule has 0 bridgehead atoms. The standard InChI is InChI=1S/C13H14BNO4/c1-2-3-4-7-15-12(16)10-6-5-9(14(18)19)8-11(10)13(15)17/h2,5-6,8,18-19H,1,3-4,7H2. The Bertz CT molecular complexity index is 541. The molecule has 0 unspecified atom stereocenters. The van der Waals surface area contributed by atoms with Crippen molar-refractivity contribution in [3.8, 4) is 0 Å². The van der Waals surface area contributed by atoms with Crippen LogP contribution in [0.2, 0.25) is 0 Å². The van der Waals surface area contributed by atoms with Gasteiger partial charge >= 0.3 is 7.12 Å². The van der Waals surface area contributed by atoms with Gasteiger partial charge in [-0.15, -0.1) is 6.58 Å². The van der Waals surface area contributed by atoms with Crippen LogP contribution in [0.5, 0.6) is 0 Å². The summed E-state index contributed by atoms with van der Waals surface area (Å²) in [5, 5.41) is 18.2. The van der Waals surface area contributed by atoms with Gasteiger partial charge in [0, 0.05) is 6.54 Å². The van der Waals surface area contributed by atoms with Crippen LogP contribution in [0, 0.1) is 0 Å². The van der Waals surface area contributed by atoms with Gasteiger partial charge in [-0.1, -0.05) is 12.1 Å². The molecule has 0 saturated carbocycles. The first-order valence-corrected chi connectivity index (χ1v) is 6.03. The monoisotopic (exact) mass is 259 g/mol. The average molecular weight is 259 g/mol. The van der Waals surface area contributed by atoms with Crippen molar-refractivity contribution in [1.82, 2.24) is 4.90 Å². The van der Waals surface area contributed by atoms with E-state index in [0.717, 1.165) is 6.42 Å². The third-order valence-electron chi connectivity index (χ3n) is 3.08. The zero-order valence-electron chi connectivity index (χ0n) is 10.4. The maximum Gasteiger partial charge on any atom is 0.488 e. The summed E-state index contributed by atoms with van der Waals surface area (Å²) in [6.07, 6.45) is 3.14. The third-order valence-corrected chi connectivity index (χ3v) is 3.08. The van der Waals surface area contributed by atoms with E-state index in [1.807, 2.05) is 0 Å². The van der Waals surface area contributed by atoms with Crippen molar-refractivity contribution in [2.45, 2.75) is 12.8 Å². The zero-order valence-corrected chi connectivity index (χ0v) is 10.4. The summed E-state index contributed by atoms with van der Waals surface area (Å²) < 4.78 is 0. The van der Waals surface area contributed by atoms with E-state index in [0.29, 0.717) is 18.5 Å². The fraction of sp³-hybridized carbons (Fsp3) is 0.231. The van der Waals surface area contributed by atoms with Crippen LogP contribution in [0.15, 0.2) is 30.9 Å². The van der Waals surface area contributed by atoms with E-state index in [4.69, 9.17) is 10.0 Å². The molecule has 2 N–H and O–H groups in total. The number of rotatable bonds is 5. The number of allylic oxidation sites excluding steroid dienone is 1. The van der Waals surface area contributed by atoms with Crippen molar-refractivity contribution in [3.63, 3.8) is 0 Å². The molecule has 0 aromatic heterocycles. The molecule has 1 aliphatic rings. The van der Waals surface area contributed by atoms with Gasteiger partial charge in [0.05, 0.1) is 11.1 Å². The molecule has 2 amide bonds. The van der Waals surface area contributed by atoms with Crippen LogP contribution in [0.3, 0.4) is 0 Å². The van der Waals surface area contributed by atoms with Gasteiger partial charge in [-0.05, 0) is 30.4 Å². The molecular formula is C13H14BNO4. The molecular weight excluding hydrogens is 245 g/mol. The summed E-state index contributed by atoms with van der Waals surface area (Å²) in [5.74, 6) is -0.713. The first kappa shape index (κ1) is 13.5. The fourth-order valence-corrected chi connectivity index (χ4v) is 2.07. The molecule has 98 valence electrons. The van der Waals surface area contributed by atoms with Gasteiger partial charge in [0.2, 0.25) is 0 Å². The number of imide groups is 1. The number of nitrogens with zero attached hydrogens (tertiary/aromatic N) is 1. The smallest absolute Gasteiger partial charge is 0.423 e. The predicted octanol–water partition coefficient (Wildman–Crippen LogP) is -0.0714. The lowest BCUT2D eigenvalue weighted by atomic mass is 9.79. The van der Waals surface area contributed by atoms with Gasteiger partial charge in [-0.3, -0.25) is 14.5 Å². The molecule has 0 atom stereocenters. The first-order valence-electron chi connectivity index (χ1n) is 6.03. The minimum atomic E-state index is -1.65. The molecule has 0 fully saturated rings. The highest BCUT2D eigenvalue weighted by atomic mass is 16.4. The van der Waals surface area contributed by atoms with Crippen molar-refractivity contribution >= 4 is 24.4 Å². The number of hydrogen-bond acceptors (Lipinski definition) is 4. The molecule has 19 heavy (non-hydrogen) atoms. The van der Waals surface area contributed by atoms with Gasteiger partial charge in [-0.2, -0.15) is 0 Å². The van der Waals surface area contributed by atoms with Crippen molar-refractivity contribution in [2.24, 2.45) is 0 Å².